The second-order valence-electron chi connectivity index (χ2n) is 9.03. The predicted molar refractivity (Wildman–Crippen MR) is 137 cm³/mol. The molecule has 1 N–H and O–H groups in total. The van der Waals surface area contributed by atoms with Gasteiger partial charge in [0.05, 0.1) is 0 Å². The Labute approximate surface area is 199 Å². The van der Waals surface area contributed by atoms with Crippen LogP contribution < -0.4 is 0 Å². The smallest absolute Gasteiger partial charge is 0.243 e. The molecular formula is C28H42O3S. The number of unbranched alkanes of at least 4 members (excludes halogenated alkanes) is 15. The van der Waals surface area contributed by atoms with Gasteiger partial charge < -0.3 is 5.11 Å². The molecule has 1 aliphatic carbocycles. The van der Waals surface area contributed by atoms with Gasteiger partial charge in [-0.1, -0.05) is 128 Å². The molecule has 1 aromatic rings. The molecule has 4 heteroatoms. The number of hydrogen-bond donors (Lipinski definition) is 1. The van der Waals surface area contributed by atoms with Crippen molar-refractivity contribution in [2.45, 2.75) is 110 Å². The van der Waals surface area contributed by atoms with Crippen LogP contribution in [0.5, 0.6) is 0 Å². The Morgan fingerprint density at radius 2 is 1.06 bits per heavy atom. The van der Waals surface area contributed by atoms with E-state index in [1.54, 1.807) is 24.3 Å². The minimum atomic E-state index is -0.567. The number of benzene rings is 1. The van der Waals surface area contributed by atoms with E-state index in [2.05, 4.69) is 6.92 Å². The van der Waals surface area contributed by atoms with Crippen LogP contribution in [0.3, 0.4) is 0 Å². The quantitative estimate of drug-likeness (QED) is 0.177. The zero-order valence-corrected chi connectivity index (χ0v) is 20.8. The van der Waals surface area contributed by atoms with Crippen LogP contribution in [0.2, 0.25) is 0 Å². The molecule has 0 saturated carbocycles. The number of allylic oxidation sites excluding steroid dienone is 1. The van der Waals surface area contributed by atoms with E-state index in [0.29, 0.717) is 11.1 Å². The standard InChI is InChI=1S/C28H42O3S/c1-2-3-4-5-6-7-8-9-10-11-12-13-14-15-16-19-22-32-28-26(30)24-21-18-17-20-23(24)25(29)27(28)31/h17-18,20-21,30H,2-16,19,22H2,1H3. The summed E-state index contributed by atoms with van der Waals surface area (Å²) in [5.41, 5.74) is 0.785. The molecule has 0 atom stereocenters. The average Bonchev–Trinajstić information content (AvgIpc) is 2.81. The number of hydrogen-bond acceptors (Lipinski definition) is 4. The van der Waals surface area contributed by atoms with Crippen LogP contribution >= 0.6 is 11.8 Å². The minimum Gasteiger partial charge on any atom is -0.506 e. The molecule has 3 nitrogen and oxygen atoms in total. The molecule has 0 aromatic heterocycles. The third-order valence-corrected chi connectivity index (χ3v) is 7.46. The fraction of sp³-hybridized carbons (Fsp3) is 0.643. The maximum absolute atomic E-state index is 12.3. The molecule has 0 spiro atoms. The lowest BCUT2D eigenvalue weighted by atomic mass is 9.94. The number of carbonyl (C=O) groups is 2. The highest BCUT2D eigenvalue weighted by Crippen LogP contribution is 2.34. The SMILES string of the molecule is CCCCCCCCCCCCCCCCCCSC1=C(O)c2ccccc2C(=O)C1=O. The number of aliphatic hydroxyl groups excluding tert-OH is 1. The fourth-order valence-electron chi connectivity index (χ4n) is 4.30. The summed E-state index contributed by atoms with van der Waals surface area (Å²) in [6, 6.07) is 6.79. The van der Waals surface area contributed by atoms with Crippen molar-refractivity contribution in [3.05, 3.63) is 40.3 Å². The van der Waals surface area contributed by atoms with Gasteiger partial charge in [-0.2, -0.15) is 0 Å². The van der Waals surface area contributed by atoms with Crippen molar-refractivity contribution in [2.24, 2.45) is 0 Å². The lowest BCUT2D eigenvalue weighted by Gasteiger charge is -2.17. The van der Waals surface area contributed by atoms with Gasteiger partial charge in [0, 0.05) is 11.1 Å². The van der Waals surface area contributed by atoms with Crippen molar-refractivity contribution in [1.29, 1.82) is 0 Å². The first-order valence-electron chi connectivity index (χ1n) is 12.9. The Morgan fingerprint density at radius 1 is 0.625 bits per heavy atom. The molecule has 1 aromatic carbocycles. The number of thioether (sulfide) groups is 1. The summed E-state index contributed by atoms with van der Waals surface area (Å²) < 4.78 is 0. The Bertz CT molecular complexity index is 738. The molecule has 2 rings (SSSR count). The van der Waals surface area contributed by atoms with Gasteiger partial charge in [-0.3, -0.25) is 9.59 Å². The Kier molecular flexibility index (Phi) is 13.5. The third-order valence-electron chi connectivity index (χ3n) is 6.30. The molecular weight excluding hydrogens is 416 g/mol. The number of ketones is 2. The first-order valence-corrected chi connectivity index (χ1v) is 13.9. The molecule has 0 amide bonds. The summed E-state index contributed by atoms with van der Waals surface area (Å²) in [7, 11) is 0. The summed E-state index contributed by atoms with van der Waals surface area (Å²) in [4.78, 5) is 24.8. The first kappa shape index (κ1) is 26.7. The van der Waals surface area contributed by atoms with E-state index in [1.807, 2.05) is 0 Å². The van der Waals surface area contributed by atoms with E-state index in [9.17, 15) is 14.7 Å². The second kappa shape index (κ2) is 16.1. The van der Waals surface area contributed by atoms with E-state index in [0.717, 1.165) is 18.6 Å². The molecule has 0 bridgehead atoms. The summed E-state index contributed by atoms with van der Waals surface area (Å²) in [6.45, 7) is 2.27. The zero-order chi connectivity index (χ0) is 23.0. The number of aliphatic hydroxyl groups is 1. The Hall–Kier alpha value is -1.55. The summed E-state index contributed by atoms with van der Waals surface area (Å²) in [5, 5.41) is 10.4. The fourth-order valence-corrected chi connectivity index (χ4v) is 5.32. The molecule has 0 aliphatic heterocycles. The van der Waals surface area contributed by atoms with Crippen LogP contribution in [0.1, 0.15) is 126 Å². The molecule has 0 fully saturated rings. The number of rotatable bonds is 18. The van der Waals surface area contributed by atoms with Gasteiger partial charge in [0.25, 0.3) is 0 Å². The average molecular weight is 459 g/mol. The van der Waals surface area contributed by atoms with Crippen LogP contribution in [0.4, 0.5) is 0 Å². The Morgan fingerprint density at radius 3 is 1.56 bits per heavy atom. The largest absolute Gasteiger partial charge is 0.506 e. The van der Waals surface area contributed by atoms with Gasteiger partial charge >= 0.3 is 0 Å². The van der Waals surface area contributed by atoms with E-state index >= 15 is 0 Å². The predicted octanol–water partition coefficient (Wildman–Crippen LogP) is 8.67. The van der Waals surface area contributed by atoms with E-state index in [4.69, 9.17) is 0 Å². The molecule has 32 heavy (non-hydrogen) atoms. The molecule has 0 heterocycles. The lowest BCUT2D eigenvalue weighted by molar-refractivity contribution is -0.111. The van der Waals surface area contributed by atoms with Gasteiger partial charge in [-0.15, -0.1) is 11.8 Å². The van der Waals surface area contributed by atoms with Crippen molar-refractivity contribution >= 4 is 29.1 Å². The van der Waals surface area contributed by atoms with Crippen LogP contribution in [-0.2, 0) is 4.79 Å². The van der Waals surface area contributed by atoms with Crippen molar-refractivity contribution < 1.29 is 14.7 Å². The van der Waals surface area contributed by atoms with Gasteiger partial charge in [0.15, 0.2) is 0 Å². The normalized spacial score (nSPS) is 13.7. The highest BCUT2D eigenvalue weighted by molar-refractivity contribution is 8.04. The van der Waals surface area contributed by atoms with Crippen LogP contribution in [0.15, 0.2) is 29.2 Å². The van der Waals surface area contributed by atoms with E-state index in [-0.39, 0.29) is 10.7 Å². The van der Waals surface area contributed by atoms with Crippen LogP contribution in [0, 0.1) is 0 Å². The van der Waals surface area contributed by atoms with Crippen molar-refractivity contribution in [1.82, 2.24) is 0 Å². The zero-order valence-electron chi connectivity index (χ0n) is 20.0. The summed E-state index contributed by atoms with van der Waals surface area (Å²) in [6.07, 6.45) is 21.3. The van der Waals surface area contributed by atoms with Crippen molar-refractivity contribution in [2.75, 3.05) is 5.75 Å². The maximum Gasteiger partial charge on any atom is 0.243 e. The van der Waals surface area contributed by atoms with Crippen molar-refractivity contribution in [3.8, 4) is 0 Å². The van der Waals surface area contributed by atoms with Crippen molar-refractivity contribution in [3.63, 3.8) is 0 Å². The molecule has 0 saturated heterocycles. The first-order chi connectivity index (χ1) is 15.7. The molecule has 178 valence electrons. The van der Waals surface area contributed by atoms with Gasteiger partial charge in [0.2, 0.25) is 11.6 Å². The highest BCUT2D eigenvalue weighted by atomic mass is 32.2. The molecule has 0 radical (unpaired) electrons. The minimum absolute atomic E-state index is 0.0355. The Balaban J connectivity index is 1.45. The van der Waals surface area contributed by atoms with E-state index in [1.165, 1.54) is 102 Å². The summed E-state index contributed by atoms with van der Waals surface area (Å²) in [5.74, 6) is -0.346. The van der Waals surface area contributed by atoms with Crippen LogP contribution in [0.25, 0.3) is 5.76 Å². The van der Waals surface area contributed by atoms with Crippen LogP contribution in [-0.4, -0.2) is 22.4 Å². The highest BCUT2D eigenvalue weighted by Gasteiger charge is 2.32. The second-order valence-corrected chi connectivity index (χ2v) is 10.1. The number of Topliss-reactive ketones (excluding diaryl/α,β-unsaturated/α-hetero) is 2. The number of carbonyl (C=O) groups excluding carboxylic acids is 2. The maximum atomic E-state index is 12.3. The molecule has 0 unspecified atom stereocenters. The third kappa shape index (κ3) is 9.13. The monoisotopic (exact) mass is 458 g/mol. The van der Waals surface area contributed by atoms with Gasteiger partial charge in [-0.05, 0) is 12.2 Å². The summed E-state index contributed by atoms with van der Waals surface area (Å²) >= 11 is 1.33. The topological polar surface area (TPSA) is 54.4 Å². The molecule has 1 aliphatic rings. The lowest BCUT2D eigenvalue weighted by Crippen LogP contribution is -2.22. The van der Waals surface area contributed by atoms with E-state index < -0.39 is 11.6 Å². The van der Waals surface area contributed by atoms with Gasteiger partial charge in [-0.25, -0.2) is 0 Å². The van der Waals surface area contributed by atoms with Gasteiger partial charge in [0.1, 0.15) is 10.7 Å². The number of fused-ring (bicyclic) bond motifs is 1.